The van der Waals surface area contributed by atoms with E-state index in [1.807, 2.05) is 20.8 Å². The summed E-state index contributed by atoms with van der Waals surface area (Å²) in [6.07, 6.45) is 2.78. The van der Waals surface area contributed by atoms with E-state index < -0.39 is 0 Å². The lowest BCUT2D eigenvalue weighted by molar-refractivity contribution is 0.493. The van der Waals surface area contributed by atoms with Crippen LogP contribution in [0.5, 0.6) is 0 Å². The maximum absolute atomic E-state index is 5.10. The Morgan fingerprint density at radius 1 is 1.15 bits per heavy atom. The van der Waals surface area contributed by atoms with Gasteiger partial charge in [0.05, 0.1) is 5.69 Å². The molecule has 1 N–H and O–H groups in total. The molecule has 0 amide bonds. The van der Waals surface area contributed by atoms with Crippen LogP contribution in [-0.2, 0) is 0 Å². The van der Waals surface area contributed by atoms with Crippen molar-refractivity contribution >= 4 is 0 Å². The molecule has 0 bridgehead atoms. The third-order valence-corrected chi connectivity index (χ3v) is 2.09. The van der Waals surface area contributed by atoms with E-state index in [-0.39, 0.29) is 0 Å². The predicted molar refractivity (Wildman–Crippen MR) is 52.8 cm³/mol. The summed E-state index contributed by atoms with van der Waals surface area (Å²) in [6.45, 7) is 8.20. The Balaban J connectivity index is 0.000000145. The second kappa shape index (κ2) is 5.02. The van der Waals surface area contributed by atoms with Crippen molar-refractivity contribution in [2.24, 2.45) is 0 Å². The Morgan fingerprint density at radius 2 is 1.77 bits per heavy atom. The quantitative estimate of drug-likeness (QED) is 0.666. The van der Waals surface area contributed by atoms with Crippen molar-refractivity contribution in [3.8, 4) is 0 Å². The van der Waals surface area contributed by atoms with Crippen molar-refractivity contribution in [2.45, 2.75) is 33.6 Å². The average Bonchev–Trinajstić information content (AvgIpc) is 2.66. The highest BCUT2D eigenvalue weighted by atomic mass is 16.4. The highest BCUT2D eigenvalue weighted by molar-refractivity contribution is 5.03. The average molecular weight is 182 g/mol. The van der Waals surface area contributed by atoms with Gasteiger partial charge in [0.1, 0.15) is 5.76 Å². The van der Waals surface area contributed by atoms with Crippen LogP contribution in [-0.4, -0.2) is 18.1 Å². The molecule has 3 heteroatoms. The Kier molecular flexibility index (Phi) is 3.96. The van der Waals surface area contributed by atoms with Crippen LogP contribution < -0.4 is 5.32 Å². The summed E-state index contributed by atoms with van der Waals surface area (Å²) >= 11 is 0. The molecule has 0 unspecified atom stereocenters. The van der Waals surface area contributed by atoms with Crippen LogP contribution in [0.2, 0.25) is 0 Å². The molecule has 0 atom stereocenters. The minimum Gasteiger partial charge on any atom is -0.446 e. The Labute approximate surface area is 79.5 Å². The molecular weight excluding hydrogens is 164 g/mol. The molecule has 13 heavy (non-hydrogen) atoms. The summed E-state index contributed by atoms with van der Waals surface area (Å²) in [5, 5.41) is 3.22. The first-order chi connectivity index (χ1) is 6.20. The first kappa shape index (κ1) is 10.3. The number of hydrogen-bond acceptors (Lipinski definition) is 3. The molecule has 1 fully saturated rings. The summed E-state index contributed by atoms with van der Waals surface area (Å²) in [7, 11) is 0. The van der Waals surface area contributed by atoms with Crippen LogP contribution in [0, 0.1) is 20.8 Å². The summed E-state index contributed by atoms with van der Waals surface area (Å²) in [6, 6.07) is 0. The van der Waals surface area contributed by atoms with E-state index in [2.05, 4.69) is 10.3 Å². The van der Waals surface area contributed by atoms with Gasteiger partial charge in [-0.3, -0.25) is 0 Å². The molecular formula is C10H18N2O. The molecule has 3 nitrogen and oxygen atoms in total. The van der Waals surface area contributed by atoms with E-state index in [0.29, 0.717) is 0 Å². The summed E-state index contributed by atoms with van der Waals surface area (Å²) < 4.78 is 5.10. The van der Waals surface area contributed by atoms with Gasteiger partial charge >= 0.3 is 0 Å². The second-order valence-corrected chi connectivity index (χ2v) is 3.33. The minimum atomic E-state index is 0.750. The summed E-state index contributed by atoms with van der Waals surface area (Å²) in [5.74, 6) is 1.67. The fraction of sp³-hybridized carbons (Fsp3) is 0.700. The summed E-state index contributed by atoms with van der Waals surface area (Å²) in [5.41, 5.74) is 0.988. The lowest BCUT2D eigenvalue weighted by Gasteiger charge is -1.77. The number of aryl methyl sites for hydroxylation is 3. The molecule has 1 aliphatic heterocycles. The van der Waals surface area contributed by atoms with Crippen molar-refractivity contribution in [1.82, 2.24) is 10.3 Å². The fourth-order valence-electron chi connectivity index (χ4n) is 1.26. The largest absolute Gasteiger partial charge is 0.446 e. The van der Waals surface area contributed by atoms with Crippen molar-refractivity contribution in [3.05, 3.63) is 17.3 Å². The van der Waals surface area contributed by atoms with Crippen molar-refractivity contribution in [2.75, 3.05) is 13.1 Å². The second-order valence-electron chi connectivity index (χ2n) is 3.33. The van der Waals surface area contributed by atoms with Crippen LogP contribution in [0.4, 0.5) is 0 Å². The van der Waals surface area contributed by atoms with Gasteiger partial charge in [0.15, 0.2) is 5.89 Å². The van der Waals surface area contributed by atoms with Crippen LogP contribution in [0.15, 0.2) is 4.42 Å². The number of oxazole rings is 1. The zero-order chi connectivity index (χ0) is 9.68. The van der Waals surface area contributed by atoms with Crippen molar-refractivity contribution < 1.29 is 4.42 Å². The zero-order valence-corrected chi connectivity index (χ0v) is 8.68. The van der Waals surface area contributed by atoms with Crippen molar-refractivity contribution in [1.29, 1.82) is 0 Å². The van der Waals surface area contributed by atoms with Gasteiger partial charge in [0.25, 0.3) is 0 Å². The standard InChI is InChI=1S/C6H9NO.C4H9N/c1-4-5(2)8-6(3)7-4;1-2-4-5-3-1/h1-3H3;5H,1-4H2. The molecule has 0 aliphatic carbocycles. The maximum atomic E-state index is 5.10. The normalized spacial score (nSPS) is 15.3. The van der Waals surface area contributed by atoms with E-state index in [4.69, 9.17) is 4.42 Å². The fourth-order valence-corrected chi connectivity index (χ4v) is 1.26. The van der Waals surface area contributed by atoms with E-state index in [0.717, 1.165) is 17.3 Å². The van der Waals surface area contributed by atoms with Gasteiger partial charge in [-0.2, -0.15) is 0 Å². The number of nitrogens with zero attached hydrogens (tertiary/aromatic N) is 1. The van der Waals surface area contributed by atoms with Gasteiger partial charge < -0.3 is 9.73 Å². The van der Waals surface area contributed by atoms with Gasteiger partial charge in [0, 0.05) is 6.92 Å². The zero-order valence-electron chi connectivity index (χ0n) is 8.68. The van der Waals surface area contributed by atoms with Gasteiger partial charge in [-0.1, -0.05) is 0 Å². The minimum absolute atomic E-state index is 0.750. The number of nitrogens with one attached hydrogen (secondary N) is 1. The molecule has 0 saturated carbocycles. The molecule has 74 valence electrons. The lowest BCUT2D eigenvalue weighted by Crippen LogP contribution is -2.03. The van der Waals surface area contributed by atoms with E-state index in [1.54, 1.807) is 0 Å². The number of rotatable bonds is 0. The monoisotopic (exact) mass is 182 g/mol. The van der Waals surface area contributed by atoms with Gasteiger partial charge in [-0.25, -0.2) is 4.98 Å². The third kappa shape index (κ3) is 3.59. The van der Waals surface area contributed by atoms with Crippen LogP contribution in [0.25, 0.3) is 0 Å². The topological polar surface area (TPSA) is 38.1 Å². The number of hydrogen-bond donors (Lipinski definition) is 1. The first-order valence-corrected chi connectivity index (χ1v) is 4.81. The first-order valence-electron chi connectivity index (χ1n) is 4.81. The van der Waals surface area contributed by atoms with E-state index in [1.165, 1.54) is 25.9 Å². The predicted octanol–water partition coefficient (Wildman–Crippen LogP) is 1.97. The molecule has 1 saturated heterocycles. The summed E-state index contributed by atoms with van der Waals surface area (Å²) in [4.78, 5) is 4.04. The van der Waals surface area contributed by atoms with Gasteiger partial charge in [-0.05, 0) is 39.8 Å². The molecule has 1 aromatic heterocycles. The van der Waals surface area contributed by atoms with Gasteiger partial charge in [0.2, 0.25) is 0 Å². The van der Waals surface area contributed by atoms with Crippen LogP contribution in [0.1, 0.15) is 30.2 Å². The van der Waals surface area contributed by atoms with Crippen LogP contribution >= 0.6 is 0 Å². The van der Waals surface area contributed by atoms with E-state index >= 15 is 0 Å². The Bertz CT molecular complexity index is 224. The highest BCUT2D eigenvalue weighted by Crippen LogP contribution is 2.05. The molecule has 0 aromatic carbocycles. The van der Waals surface area contributed by atoms with E-state index in [9.17, 15) is 0 Å². The molecule has 1 aromatic rings. The third-order valence-electron chi connectivity index (χ3n) is 2.09. The lowest BCUT2D eigenvalue weighted by atomic mass is 10.4. The Morgan fingerprint density at radius 3 is 1.92 bits per heavy atom. The Hall–Kier alpha value is -0.830. The molecule has 2 rings (SSSR count). The number of aromatic nitrogens is 1. The SMILES string of the molecule is C1CCNC1.Cc1nc(C)c(C)o1. The smallest absolute Gasteiger partial charge is 0.191 e. The van der Waals surface area contributed by atoms with Gasteiger partial charge in [-0.15, -0.1) is 0 Å². The molecule has 0 spiro atoms. The van der Waals surface area contributed by atoms with Crippen molar-refractivity contribution in [3.63, 3.8) is 0 Å². The highest BCUT2D eigenvalue weighted by Gasteiger charge is 1.97. The maximum Gasteiger partial charge on any atom is 0.191 e. The molecule has 1 aliphatic rings. The molecule has 2 heterocycles. The van der Waals surface area contributed by atoms with Crippen LogP contribution in [0.3, 0.4) is 0 Å². The molecule has 0 radical (unpaired) electrons.